The summed E-state index contributed by atoms with van der Waals surface area (Å²) in [4.78, 5) is 39.2. The van der Waals surface area contributed by atoms with Crippen LogP contribution in [0.15, 0.2) is 91.4 Å². The summed E-state index contributed by atoms with van der Waals surface area (Å²) in [5.74, 6) is 0.429. The highest BCUT2D eigenvalue weighted by Gasteiger charge is 2.39. The van der Waals surface area contributed by atoms with Crippen LogP contribution in [-0.4, -0.2) is 39.4 Å². The Hall–Kier alpha value is -4.78. The lowest BCUT2D eigenvalue weighted by atomic mass is 10.0. The summed E-state index contributed by atoms with van der Waals surface area (Å²) in [5, 5.41) is 4.04. The third-order valence-electron chi connectivity index (χ3n) is 7.75. The average molecular weight is 514 g/mol. The zero-order chi connectivity index (χ0) is 26.3. The SMILES string of the molecule is O=C(NC1CC1c1ccccc1)c1cc2c(-c3cncc(-c4ccc(N5CCCC5=O)cc4)c3)ccnc2[nH]1. The number of hydrogen-bond donors (Lipinski definition) is 2. The molecule has 2 aromatic carbocycles. The van der Waals surface area contributed by atoms with Gasteiger partial charge < -0.3 is 15.2 Å². The van der Waals surface area contributed by atoms with E-state index < -0.39 is 0 Å². The smallest absolute Gasteiger partial charge is 0.268 e. The number of aromatic nitrogens is 3. The van der Waals surface area contributed by atoms with Gasteiger partial charge in [-0.25, -0.2) is 4.98 Å². The van der Waals surface area contributed by atoms with Crippen LogP contribution in [0.5, 0.6) is 0 Å². The number of H-pyrrole nitrogens is 1. The lowest BCUT2D eigenvalue weighted by Crippen LogP contribution is -2.26. The Bertz CT molecular complexity index is 1690. The van der Waals surface area contributed by atoms with Crippen LogP contribution < -0.4 is 10.2 Å². The number of nitrogens with zero attached hydrogens (tertiary/aromatic N) is 3. The maximum Gasteiger partial charge on any atom is 0.268 e. The summed E-state index contributed by atoms with van der Waals surface area (Å²) in [6, 6.07) is 24.4. The molecule has 1 saturated carbocycles. The zero-order valence-corrected chi connectivity index (χ0v) is 21.3. The van der Waals surface area contributed by atoms with Gasteiger partial charge in [0.1, 0.15) is 11.3 Å². The maximum absolute atomic E-state index is 13.1. The van der Waals surface area contributed by atoms with Crippen LogP contribution in [0.4, 0.5) is 5.69 Å². The minimum atomic E-state index is -0.120. The van der Waals surface area contributed by atoms with Crippen molar-refractivity contribution in [2.75, 3.05) is 11.4 Å². The fraction of sp³-hybridized carbons (Fsp3) is 0.188. The summed E-state index contributed by atoms with van der Waals surface area (Å²) in [6.07, 6.45) is 7.89. The van der Waals surface area contributed by atoms with Gasteiger partial charge in [-0.2, -0.15) is 0 Å². The van der Waals surface area contributed by atoms with E-state index in [1.165, 1.54) is 5.56 Å². The Morgan fingerprint density at radius 2 is 1.77 bits per heavy atom. The number of rotatable bonds is 6. The van der Waals surface area contributed by atoms with Gasteiger partial charge in [0.05, 0.1) is 0 Å². The van der Waals surface area contributed by atoms with Crippen molar-refractivity contribution < 1.29 is 9.59 Å². The van der Waals surface area contributed by atoms with Gasteiger partial charge >= 0.3 is 0 Å². The molecular formula is C32H27N5O2. The number of carbonyl (C=O) groups excluding carboxylic acids is 2. The predicted octanol–water partition coefficient (Wildman–Crippen LogP) is 5.70. The molecule has 7 heteroatoms. The van der Waals surface area contributed by atoms with E-state index in [-0.39, 0.29) is 17.9 Å². The summed E-state index contributed by atoms with van der Waals surface area (Å²) in [7, 11) is 0. The molecule has 7 rings (SSSR count). The van der Waals surface area contributed by atoms with Crippen molar-refractivity contribution in [2.45, 2.75) is 31.2 Å². The van der Waals surface area contributed by atoms with Crippen LogP contribution in [0.25, 0.3) is 33.3 Å². The number of fused-ring (bicyclic) bond motifs is 1. The second-order valence-corrected chi connectivity index (χ2v) is 10.3. The van der Waals surface area contributed by atoms with E-state index in [9.17, 15) is 9.59 Å². The Kier molecular flexibility index (Phi) is 5.69. The second kappa shape index (κ2) is 9.51. The highest BCUT2D eigenvalue weighted by Crippen LogP contribution is 2.41. The number of aromatic amines is 1. The predicted molar refractivity (Wildman–Crippen MR) is 151 cm³/mol. The highest BCUT2D eigenvalue weighted by molar-refractivity contribution is 6.02. The van der Waals surface area contributed by atoms with Crippen LogP contribution in [0.2, 0.25) is 0 Å². The van der Waals surface area contributed by atoms with E-state index in [1.54, 1.807) is 6.20 Å². The number of pyridine rings is 2. The summed E-state index contributed by atoms with van der Waals surface area (Å²) in [5.41, 5.74) is 7.25. The van der Waals surface area contributed by atoms with E-state index >= 15 is 0 Å². The van der Waals surface area contributed by atoms with E-state index in [0.717, 1.165) is 52.7 Å². The summed E-state index contributed by atoms with van der Waals surface area (Å²) >= 11 is 0. The highest BCUT2D eigenvalue weighted by atomic mass is 16.2. The molecule has 39 heavy (non-hydrogen) atoms. The van der Waals surface area contributed by atoms with Gasteiger partial charge in [0.15, 0.2) is 0 Å². The third kappa shape index (κ3) is 4.46. The molecule has 5 aromatic rings. The molecule has 2 amide bonds. The van der Waals surface area contributed by atoms with Crippen molar-refractivity contribution in [3.8, 4) is 22.3 Å². The lowest BCUT2D eigenvalue weighted by Gasteiger charge is -2.16. The molecule has 7 nitrogen and oxygen atoms in total. The number of amides is 2. The molecule has 1 aliphatic heterocycles. The van der Waals surface area contributed by atoms with Gasteiger partial charge in [-0.1, -0.05) is 42.5 Å². The van der Waals surface area contributed by atoms with Crippen LogP contribution >= 0.6 is 0 Å². The van der Waals surface area contributed by atoms with Crippen molar-refractivity contribution in [2.24, 2.45) is 0 Å². The van der Waals surface area contributed by atoms with E-state index in [2.05, 4.69) is 38.5 Å². The number of benzene rings is 2. The van der Waals surface area contributed by atoms with E-state index in [1.807, 2.05) is 71.9 Å². The topological polar surface area (TPSA) is 91.0 Å². The maximum atomic E-state index is 13.1. The third-order valence-corrected chi connectivity index (χ3v) is 7.75. The molecule has 2 unspecified atom stereocenters. The molecule has 0 bridgehead atoms. The van der Waals surface area contributed by atoms with Crippen molar-refractivity contribution in [1.82, 2.24) is 20.3 Å². The van der Waals surface area contributed by atoms with Crippen molar-refractivity contribution >= 4 is 28.5 Å². The molecule has 1 saturated heterocycles. The van der Waals surface area contributed by atoms with Crippen LogP contribution in [0.1, 0.15) is 41.2 Å². The molecule has 2 N–H and O–H groups in total. The molecule has 2 aliphatic rings. The number of carbonyl (C=O) groups is 2. The van der Waals surface area contributed by atoms with Gasteiger partial charge in [-0.15, -0.1) is 0 Å². The lowest BCUT2D eigenvalue weighted by molar-refractivity contribution is -0.117. The zero-order valence-electron chi connectivity index (χ0n) is 21.3. The molecule has 0 spiro atoms. The summed E-state index contributed by atoms with van der Waals surface area (Å²) in [6.45, 7) is 0.776. The Morgan fingerprint density at radius 1 is 0.949 bits per heavy atom. The molecule has 0 radical (unpaired) electrons. The standard InChI is InChI=1S/C32H27N5O2/c38-30-7-4-14-37(30)24-10-8-20(9-11-24)22-15-23(19-33-18-22)25-12-13-34-31-27(25)17-29(35-31)32(39)36-28-16-26(28)21-5-2-1-3-6-21/h1-3,5-6,8-13,15,17-19,26,28H,4,7,14,16H2,(H,34,35)(H,36,39). The first-order valence-corrected chi connectivity index (χ1v) is 13.3. The van der Waals surface area contributed by atoms with Gasteiger partial charge in [-0.05, 0) is 59.9 Å². The van der Waals surface area contributed by atoms with Gasteiger partial charge in [-0.3, -0.25) is 14.6 Å². The Labute approximate surface area is 225 Å². The van der Waals surface area contributed by atoms with Gasteiger partial charge in [0.25, 0.3) is 5.91 Å². The number of hydrogen-bond acceptors (Lipinski definition) is 4. The van der Waals surface area contributed by atoms with Crippen LogP contribution in [0, 0.1) is 0 Å². The molecule has 2 fully saturated rings. The number of anilines is 1. The largest absolute Gasteiger partial charge is 0.347 e. The van der Waals surface area contributed by atoms with Gasteiger partial charge in [0, 0.05) is 65.7 Å². The second-order valence-electron chi connectivity index (χ2n) is 10.3. The normalized spacial score (nSPS) is 18.5. The molecule has 3 aromatic heterocycles. The van der Waals surface area contributed by atoms with Crippen molar-refractivity contribution in [1.29, 1.82) is 0 Å². The molecule has 2 atom stereocenters. The van der Waals surface area contributed by atoms with Gasteiger partial charge in [0.2, 0.25) is 5.91 Å². The quantitative estimate of drug-likeness (QED) is 0.305. The monoisotopic (exact) mass is 513 g/mol. The van der Waals surface area contributed by atoms with Crippen LogP contribution in [-0.2, 0) is 4.79 Å². The molecule has 192 valence electrons. The Morgan fingerprint density at radius 3 is 2.56 bits per heavy atom. The van der Waals surface area contributed by atoms with E-state index in [4.69, 9.17) is 0 Å². The summed E-state index contributed by atoms with van der Waals surface area (Å²) < 4.78 is 0. The average Bonchev–Trinajstić information content (AvgIpc) is 3.37. The minimum Gasteiger partial charge on any atom is -0.347 e. The minimum absolute atomic E-state index is 0.120. The fourth-order valence-electron chi connectivity index (χ4n) is 5.57. The van der Waals surface area contributed by atoms with Crippen molar-refractivity contribution in [3.05, 3.63) is 103 Å². The van der Waals surface area contributed by atoms with E-state index in [0.29, 0.717) is 23.7 Å². The van der Waals surface area contributed by atoms with Crippen LogP contribution in [0.3, 0.4) is 0 Å². The first kappa shape index (κ1) is 23.3. The fourth-order valence-corrected chi connectivity index (χ4v) is 5.57. The molecule has 4 heterocycles. The number of nitrogens with one attached hydrogen (secondary N) is 2. The molecular weight excluding hydrogens is 486 g/mol. The van der Waals surface area contributed by atoms with Crippen molar-refractivity contribution in [3.63, 3.8) is 0 Å². The first-order chi connectivity index (χ1) is 19.1. The Balaban J connectivity index is 1.13. The first-order valence-electron chi connectivity index (χ1n) is 13.3. The molecule has 1 aliphatic carbocycles.